The van der Waals surface area contributed by atoms with Gasteiger partial charge >= 0.3 is 0 Å². The molecule has 2 N–H and O–H groups in total. The third-order valence-corrected chi connectivity index (χ3v) is 9.78. The highest BCUT2D eigenvalue weighted by Gasteiger charge is 2.29. The summed E-state index contributed by atoms with van der Waals surface area (Å²) in [5, 5.41) is 4.80. The van der Waals surface area contributed by atoms with Crippen molar-refractivity contribution in [2.75, 3.05) is 30.1 Å². The number of nitrogens with zero attached hydrogens (tertiary/aromatic N) is 4. The van der Waals surface area contributed by atoms with Crippen molar-refractivity contribution in [1.29, 1.82) is 0 Å². The average molecular weight is 581 g/mol. The zero-order chi connectivity index (χ0) is 28.4. The van der Waals surface area contributed by atoms with Gasteiger partial charge in [-0.05, 0) is 81.5 Å². The van der Waals surface area contributed by atoms with Crippen molar-refractivity contribution in [3.63, 3.8) is 0 Å². The second kappa shape index (κ2) is 11.6. The monoisotopic (exact) mass is 580 g/mol. The van der Waals surface area contributed by atoms with Gasteiger partial charge in [-0.25, -0.2) is 23.1 Å². The van der Waals surface area contributed by atoms with Gasteiger partial charge in [-0.15, -0.1) is 0 Å². The van der Waals surface area contributed by atoms with E-state index in [-0.39, 0.29) is 23.6 Å². The largest absolute Gasteiger partial charge is 0.356 e. The van der Waals surface area contributed by atoms with E-state index in [1.807, 2.05) is 56.4 Å². The minimum absolute atomic E-state index is 0.149. The number of anilines is 3. The van der Waals surface area contributed by atoms with Crippen molar-refractivity contribution in [3.05, 3.63) is 77.2 Å². The second-order valence-electron chi connectivity index (χ2n) is 10.3. The summed E-state index contributed by atoms with van der Waals surface area (Å²) in [7, 11) is 0.242. The van der Waals surface area contributed by atoms with E-state index in [0.29, 0.717) is 21.9 Å². The zero-order valence-electron chi connectivity index (χ0n) is 22.8. The summed E-state index contributed by atoms with van der Waals surface area (Å²) in [5.41, 5.74) is 3.43. The molecular formula is C29H33ClN6O3S. The van der Waals surface area contributed by atoms with E-state index in [1.54, 1.807) is 16.8 Å². The Balaban J connectivity index is 1.38. The Morgan fingerprint density at radius 2 is 1.77 bits per heavy atom. The van der Waals surface area contributed by atoms with Crippen molar-refractivity contribution in [1.82, 2.24) is 19.3 Å². The molecule has 40 heavy (non-hydrogen) atoms. The molecule has 0 bridgehead atoms. The number of halogens is 1. The predicted octanol–water partition coefficient (Wildman–Crippen LogP) is 5.37. The topological polar surface area (TPSA) is 109 Å². The van der Waals surface area contributed by atoms with Gasteiger partial charge in [0.15, 0.2) is 5.65 Å². The maximum Gasteiger partial charge on any atom is 0.265 e. The SMILES string of the molecule is CNS(=O)(=O)C[C@H]1CC[C@H](N(C)c2ncnc3c2ccn3C(=O)c2ccccc2Nc2cccc(Cl)c2C)CC1. The van der Waals surface area contributed by atoms with Crippen LogP contribution in [-0.4, -0.2) is 54.8 Å². The summed E-state index contributed by atoms with van der Waals surface area (Å²) in [6, 6.07) is 15.1. The highest BCUT2D eigenvalue weighted by molar-refractivity contribution is 7.89. The van der Waals surface area contributed by atoms with Gasteiger partial charge in [0.1, 0.15) is 12.1 Å². The lowest BCUT2D eigenvalue weighted by molar-refractivity contribution is 0.0965. The summed E-state index contributed by atoms with van der Waals surface area (Å²) in [6.07, 6.45) is 6.63. The van der Waals surface area contributed by atoms with E-state index in [9.17, 15) is 13.2 Å². The smallest absolute Gasteiger partial charge is 0.265 e. The molecule has 0 amide bonds. The molecule has 0 saturated heterocycles. The first kappa shape index (κ1) is 28.1. The molecule has 2 aromatic carbocycles. The van der Waals surface area contributed by atoms with Crippen molar-refractivity contribution in [2.24, 2.45) is 5.92 Å². The van der Waals surface area contributed by atoms with E-state index < -0.39 is 10.0 Å². The average Bonchev–Trinajstić information content (AvgIpc) is 3.40. The minimum Gasteiger partial charge on any atom is -0.356 e. The van der Waals surface area contributed by atoms with Gasteiger partial charge in [-0.3, -0.25) is 9.36 Å². The fraction of sp³-hybridized carbons (Fsp3) is 0.345. The lowest BCUT2D eigenvalue weighted by Crippen LogP contribution is -2.38. The molecule has 1 fully saturated rings. The van der Waals surface area contributed by atoms with Crippen LogP contribution in [0.15, 0.2) is 61.1 Å². The molecule has 1 aliphatic carbocycles. The molecule has 9 nitrogen and oxygen atoms in total. The molecule has 0 radical (unpaired) electrons. The molecule has 1 aliphatic rings. The van der Waals surface area contributed by atoms with Gasteiger partial charge in [0.2, 0.25) is 10.0 Å². The van der Waals surface area contributed by atoms with E-state index in [4.69, 9.17) is 11.6 Å². The van der Waals surface area contributed by atoms with Crippen LogP contribution < -0.4 is 14.9 Å². The van der Waals surface area contributed by atoms with Gasteiger partial charge < -0.3 is 10.2 Å². The van der Waals surface area contributed by atoms with Crippen LogP contribution in [0.1, 0.15) is 41.6 Å². The van der Waals surface area contributed by atoms with Crippen molar-refractivity contribution in [2.45, 2.75) is 38.6 Å². The molecule has 4 aromatic rings. The van der Waals surface area contributed by atoms with Gasteiger partial charge in [0.05, 0.1) is 22.4 Å². The normalized spacial score (nSPS) is 17.6. The van der Waals surface area contributed by atoms with Crippen LogP contribution in [0, 0.1) is 12.8 Å². The Hall–Kier alpha value is -3.47. The fourth-order valence-electron chi connectivity index (χ4n) is 5.44. The number of nitrogens with one attached hydrogen (secondary N) is 2. The van der Waals surface area contributed by atoms with E-state index in [0.717, 1.165) is 48.1 Å². The second-order valence-corrected chi connectivity index (χ2v) is 12.7. The highest BCUT2D eigenvalue weighted by atomic mass is 35.5. The van der Waals surface area contributed by atoms with Gasteiger partial charge in [0.25, 0.3) is 5.91 Å². The van der Waals surface area contributed by atoms with Crippen LogP contribution in [0.25, 0.3) is 11.0 Å². The quantitative estimate of drug-likeness (QED) is 0.288. The number of sulfonamides is 1. The third-order valence-electron chi connectivity index (χ3n) is 7.84. The van der Waals surface area contributed by atoms with Crippen LogP contribution in [0.5, 0.6) is 0 Å². The molecule has 0 aliphatic heterocycles. The summed E-state index contributed by atoms with van der Waals surface area (Å²) < 4.78 is 27.9. The summed E-state index contributed by atoms with van der Waals surface area (Å²) in [4.78, 5) is 25.0. The standard InChI is InChI=1S/C29H33ClN6O3S/c1-19-24(30)8-6-10-25(19)34-26-9-5-4-7-22(26)29(37)36-16-15-23-27(32-18-33-28(23)36)35(3)21-13-11-20(12-14-21)17-40(38,39)31-2/h4-10,15-16,18,20-21,31,34H,11-14,17H2,1-3H3/t20-,21-. The first-order chi connectivity index (χ1) is 19.2. The van der Waals surface area contributed by atoms with E-state index >= 15 is 0 Å². The first-order valence-corrected chi connectivity index (χ1v) is 15.3. The van der Waals surface area contributed by atoms with Crippen LogP contribution in [-0.2, 0) is 10.0 Å². The maximum atomic E-state index is 13.8. The van der Waals surface area contributed by atoms with Crippen LogP contribution in [0.2, 0.25) is 5.02 Å². The van der Waals surface area contributed by atoms with E-state index in [1.165, 1.54) is 13.4 Å². The molecule has 1 saturated carbocycles. The minimum atomic E-state index is -3.22. The Kier molecular flexibility index (Phi) is 8.11. The number of hydrogen-bond donors (Lipinski definition) is 2. The lowest BCUT2D eigenvalue weighted by atomic mass is 9.86. The highest BCUT2D eigenvalue weighted by Crippen LogP contribution is 2.33. The molecule has 0 spiro atoms. The number of benzene rings is 2. The van der Waals surface area contributed by atoms with E-state index in [2.05, 4.69) is 24.9 Å². The lowest BCUT2D eigenvalue weighted by Gasteiger charge is -2.35. The molecule has 2 aromatic heterocycles. The van der Waals surface area contributed by atoms with Crippen molar-refractivity contribution in [3.8, 4) is 0 Å². The first-order valence-electron chi connectivity index (χ1n) is 13.3. The zero-order valence-corrected chi connectivity index (χ0v) is 24.3. The van der Waals surface area contributed by atoms with Gasteiger partial charge in [-0.1, -0.05) is 29.8 Å². The number of aromatic nitrogens is 3. The number of rotatable bonds is 8. The summed E-state index contributed by atoms with van der Waals surface area (Å²) in [6.45, 7) is 1.93. The number of para-hydroxylation sites is 1. The molecule has 11 heteroatoms. The molecular weight excluding hydrogens is 548 g/mol. The molecule has 0 unspecified atom stereocenters. The maximum absolute atomic E-state index is 13.8. The number of fused-ring (bicyclic) bond motifs is 1. The predicted molar refractivity (Wildman–Crippen MR) is 160 cm³/mol. The molecule has 210 valence electrons. The summed E-state index contributed by atoms with van der Waals surface area (Å²) >= 11 is 6.31. The fourth-order valence-corrected chi connectivity index (χ4v) is 6.74. The molecule has 0 atom stereocenters. The van der Waals surface area contributed by atoms with Gasteiger partial charge in [-0.2, -0.15) is 0 Å². The van der Waals surface area contributed by atoms with Crippen molar-refractivity contribution < 1.29 is 13.2 Å². The number of carbonyl (C=O) groups excluding carboxylic acids is 1. The third kappa shape index (κ3) is 5.70. The Bertz CT molecular complexity index is 1650. The number of carbonyl (C=O) groups is 1. The van der Waals surface area contributed by atoms with Crippen LogP contribution >= 0.6 is 11.6 Å². The van der Waals surface area contributed by atoms with Crippen LogP contribution in [0.4, 0.5) is 17.2 Å². The molecule has 2 heterocycles. The Morgan fingerprint density at radius 3 is 2.52 bits per heavy atom. The van der Waals surface area contributed by atoms with Crippen molar-refractivity contribution >= 4 is 55.8 Å². The Morgan fingerprint density at radius 1 is 1.05 bits per heavy atom. The van der Waals surface area contributed by atoms with Gasteiger partial charge in [0, 0.05) is 30.0 Å². The number of hydrogen-bond acceptors (Lipinski definition) is 7. The van der Waals surface area contributed by atoms with Crippen LogP contribution in [0.3, 0.4) is 0 Å². The summed E-state index contributed by atoms with van der Waals surface area (Å²) in [5.74, 6) is 0.853. The molecule has 5 rings (SSSR count). The Labute approximate surface area is 239 Å².